The molecule has 2 heterocycles. The van der Waals surface area contributed by atoms with E-state index in [0.29, 0.717) is 0 Å². The lowest BCUT2D eigenvalue weighted by Gasteiger charge is -2.37. The Morgan fingerprint density at radius 2 is 1.86 bits per heavy atom. The molecule has 0 N–H and O–H groups in total. The van der Waals surface area contributed by atoms with E-state index in [1.54, 1.807) is 4.90 Å². The van der Waals surface area contributed by atoms with E-state index in [4.69, 9.17) is 4.74 Å². The zero-order valence-electron chi connectivity index (χ0n) is 13.5. The van der Waals surface area contributed by atoms with Crippen LogP contribution in [0.3, 0.4) is 0 Å². The van der Waals surface area contributed by atoms with Crippen LogP contribution >= 0.6 is 22.6 Å². The Bertz CT molecular complexity index is 507. The third kappa shape index (κ3) is 4.69. The third-order valence-corrected chi connectivity index (χ3v) is 4.14. The van der Waals surface area contributed by atoms with Gasteiger partial charge in [-0.2, -0.15) is 0 Å². The van der Waals surface area contributed by atoms with E-state index in [-0.39, 0.29) is 12.1 Å². The maximum absolute atomic E-state index is 12.1. The monoisotopic (exact) mass is 418 g/mol. The van der Waals surface area contributed by atoms with Gasteiger partial charge in [0, 0.05) is 42.1 Å². The van der Waals surface area contributed by atoms with E-state index in [9.17, 15) is 4.79 Å². The Hall–Kier alpha value is -1.12. The van der Waals surface area contributed by atoms with Crippen molar-refractivity contribution in [2.75, 3.05) is 25.0 Å². The average Bonchev–Trinajstić information content (AvgIpc) is 2.46. The molecule has 1 saturated heterocycles. The molecule has 0 radical (unpaired) electrons. The molecule has 22 heavy (non-hydrogen) atoms. The van der Waals surface area contributed by atoms with Crippen LogP contribution in [0.2, 0.25) is 0 Å². The Labute approximate surface area is 145 Å². The maximum Gasteiger partial charge on any atom is 0.410 e. The summed E-state index contributed by atoms with van der Waals surface area (Å²) < 4.78 is 6.45. The van der Waals surface area contributed by atoms with Crippen LogP contribution in [0.25, 0.3) is 0 Å². The Morgan fingerprint density at radius 1 is 1.32 bits per heavy atom. The molecule has 1 aliphatic rings. The molecular weight excluding hydrogens is 395 g/mol. The van der Waals surface area contributed by atoms with Crippen LogP contribution < -0.4 is 4.90 Å². The minimum Gasteiger partial charge on any atom is -0.444 e. The van der Waals surface area contributed by atoms with Crippen LogP contribution in [0, 0.1) is 3.57 Å². The molecule has 0 bridgehead atoms. The van der Waals surface area contributed by atoms with Gasteiger partial charge in [-0.05, 0) is 56.2 Å². The maximum atomic E-state index is 12.1. The predicted molar refractivity (Wildman–Crippen MR) is 94.0 cm³/mol. The number of carbonyl (C=O) groups is 1. The number of nitrogens with zero attached hydrogens (tertiary/aromatic N) is 4. The number of ether oxygens (including phenoxy) is 1. The van der Waals surface area contributed by atoms with Crippen molar-refractivity contribution < 1.29 is 9.53 Å². The highest BCUT2D eigenvalue weighted by Gasteiger charge is 2.29. The minimum atomic E-state index is -0.457. The van der Waals surface area contributed by atoms with Gasteiger partial charge < -0.3 is 14.5 Å². The highest BCUT2D eigenvalue weighted by atomic mass is 127. The highest BCUT2D eigenvalue weighted by Crippen LogP contribution is 2.21. The van der Waals surface area contributed by atoms with Gasteiger partial charge in [-0.3, -0.25) is 0 Å². The first kappa shape index (κ1) is 17.2. The van der Waals surface area contributed by atoms with Gasteiger partial charge in [0.15, 0.2) is 0 Å². The van der Waals surface area contributed by atoms with Gasteiger partial charge in [0.1, 0.15) is 5.60 Å². The first-order valence-corrected chi connectivity index (χ1v) is 8.52. The summed E-state index contributed by atoms with van der Waals surface area (Å²) in [5.41, 5.74) is -0.457. The molecule has 7 heteroatoms. The van der Waals surface area contributed by atoms with E-state index in [1.165, 1.54) is 0 Å². The van der Waals surface area contributed by atoms with Crippen LogP contribution in [0.1, 0.15) is 33.6 Å². The summed E-state index contributed by atoms with van der Waals surface area (Å²) in [5, 5.41) is 0. The number of anilines is 1. The number of carbonyl (C=O) groups excluding carboxylic acids is 1. The molecule has 1 aromatic heterocycles. The average molecular weight is 418 g/mol. The summed E-state index contributed by atoms with van der Waals surface area (Å²) in [4.78, 5) is 24.7. The zero-order valence-corrected chi connectivity index (χ0v) is 15.7. The molecule has 1 aliphatic heterocycles. The Morgan fingerprint density at radius 3 is 2.36 bits per heavy atom. The van der Waals surface area contributed by atoms with Crippen molar-refractivity contribution in [1.29, 1.82) is 0 Å². The summed E-state index contributed by atoms with van der Waals surface area (Å²) in [6.07, 6.45) is 5.18. The van der Waals surface area contributed by atoms with E-state index < -0.39 is 5.60 Å². The quantitative estimate of drug-likeness (QED) is 0.692. The van der Waals surface area contributed by atoms with Gasteiger partial charge >= 0.3 is 6.09 Å². The van der Waals surface area contributed by atoms with E-state index in [2.05, 4.69) is 37.5 Å². The third-order valence-electron chi connectivity index (χ3n) is 3.58. The molecule has 0 spiro atoms. The number of halogens is 1. The summed E-state index contributed by atoms with van der Waals surface area (Å²) in [7, 11) is 1.82. The van der Waals surface area contributed by atoms with Crippen molar-refractivity contribution in [3.8, 4) is 0 Å². The van der Waals surface area contributed by atoms with E-state index in [0.717, 1.165) is 35.4 Å². The molecular formula is C15H23IN4O2. The second kappa shape index (κ2) is 6.97. The fraction of sp³-hybridized carbons (Fsp3) is 0.667. The van der Waals surface area contributed by atoms with Crippen LogP contribution in [-0.4, -0.2) is 52.7 Å². The van der Waals surface area contributed by atoms with Crippen molar-refractivity contribution in [3.05, 3.63) is 16.0 Å². The van der Waals surface area contributed by atoms with Crippen molar-refractivity contribution in [2.45, 2.75) is 45.3 Å². The van der Waals surface area contributed by atoms with E-state index >= 15 is 0 Å². The largest absolute Gasteiger partial charge is 0.444 e. The van der Waals surface area contributed by atoms with Gasteiger partial charge in [-0.1, -0.05) is 0 Å². The molecule has 2 rings (SSSR count). The number of aromatic nitrogens is 2. The van der Waals surface area contributed by atoms with E-state index in [1.807, 2.05) is 40.2 Å². The predicted octanol–water partition coefficient (Wildman–Crippen LogP) is 2.92. The zero-order chi connectivity index (χ0) is 16.3. The topological polar surface area (TPSA) is 58.6 Å². The minimum absolute atomic E-state index is 0.204. The number of amides is 1. The molecule has 0 aromatic carbocycles. The molecule has 1 fully saturated rings. The molecule has 0 aliphatic carbocycles. The molecule has 0 saturated carbocycles. The second-order valence-electron chi connectivity index (χ2n) is 6.51. The number of hydrogen-bond acceptors (Lipinski definition) is 5. The Balaban J connectivity index is 1.88. The summed E-state index contributed by atoms with van der Waals surface area (Å²) in [6.45, 7) is 7.34. The van der Waals surface area contributed by atoms with Gasteiger partial charge in [0.2, 0.25) is 5.95 Å². The van der Waals surface area contributed by atoms with Gasteiger partial charge in [-0.25, -0.2) is 14.8 Å². The smallest absolute Gasteiger partial charge is 0.410 e. The van der Waals surface area contributed by atoms with Crippen molar-refractivity contribution in [2.24, 2.45) is 0 Å². The van der Waals surface area contributed by atoms with Gasteiger partial charge in [0.05, 0.1) is 0 Å². The summed E-state index contributed by atoms with van der Waals surface area (Å²) in [5.74, 6) is 0.763. The fourth-order valence-corrected chi connectivity index (χ4v) is 2.68. The summed E-state index contributed by atoms with van der Waals surface area (Å²) in [6, 6.07) is 0.204. The lowest BCUT2D eigenvalue weighted by Crippen LogP contribution is -2.47. The SMILES string of the molecule is CN(C(=O)OC(C)(C)C)C1CCN(c2ncc(I)cn2)CC1. The summed E-state index contributed by atoms with van der Waals surface area (Å²) >= 11 is 2.20. The van der Waals surface area contributed by atoms with Crippen LogP contribution in [0.5, 0.6) is 0 Å². The highest BCUT2D eigenvalue weighted by molar-refractivity contribution is 14.1. The van der Waals surface area contributed by atoms with Crippen molar-refractivity contribution in [1.82, 2.24) is 14.9 Å². The fourth-order valence-electron chi connectivity index (χ4n) is 2.40. The molecule has 0 atom stereocenters. The standard InChI is InChI=1S/C15H23IN4O2/c1-15(2,3)22-14(21)19(4)12-5-7-20(8-6-12)13-17-9-11(16)10-18-13/h9-10,12H,5-8H2,1-4H3. The van der Waals surface area contributed by atoms with Crippen LogP contribution in [-0.2, 0) is 4.74 Å². The first-order valence-electron chi connectivity index (χ1n) is 7.44. The van der Waals surface area contributed by atoms with Gasteiger partial charge in [-0.15, -0.1) is 0 Å². The Kier molecular flexibility index (Phi) is 5.46. The molecule has 1 amide bonds. The molecule has 0 unspecified atom stereocenters. The first-order chi connectivity index (χ1) is 10.3. The van der Waals surface area contributed by atoms with Crippen LogP contribution in [0.4, 0.5) is 10.7 Å². The molecule has 6 nitrogen and oxygen atoms in total. The lowest BCUT2D eigenvalue weighted by molar-refractivity contribution is 0.0200. The van der Waals surface area contributed by atoms with Gasteiger partial charge in [0.25, 0.3) is 0 Å². The number of piperidine rings is 1. The second-order valence-corrected chi connectivity index (χ2v) is 7.76. The molecule has 122 valence electrons. The van der Waals surface area contributed by atoms with Crippen molar-refractivity contribution >= 4 is 34.6 Å². The van der Waals surface area contributed by atoms with Crippen molar-refractivity contribution in [3.63, 3.8) is 0 Å². The normalized spacial score (nSPS) is 16.5. The molecule has 1 aromatic rings. The van der Waals surface area contributed by atoms with Crippen LogP contribution in [0.15, 0.2) is 12.4 Å². The lowest BCUT2D eigenvalue weighted by atomic mass is 10.0. The number of hydrogen-bond donors (Lipinski definition) is 0. The number of rotatable bonds is 2.